The van der Waals surface area contributed by atoms with Gasteiger partial charge in [0.2, 0.25) is 6.41 Å². The van der Waals surface area contributed by atoms with Crippen molar-refractivity contribution in [1.82, 2.24) is 28.2 Å². The van der Waals surface area contributed by atoms with Gasteiger partial charge >= 0.3 is 0 Å². The minimum atomic E-state index is 0.0417. The molecule has 1 spiro atoms. The zero-order valence-corrected chi connectivity index (χ0v) is 27.9. The minimum absolute atomic E-state index is 0.0417. The van der Waals surface area contributed by atoms with E-state index < -0.39 is 0 Å². The van der Waals surface area contributed by atoms with E-state index in [1.807, 2.05) is 37.8 Å². The Labute approximate surface area is 248 Å². The molecular weight excluding hydrogens is 522 g/mol. The lowest BCUT2D eigenvalue weighted by Crippen LogP contribution is -2.61. The maximum absolute atomic E-state index is 10.8. The standard InChI is InChI=1S/C18H28N4O.C7H17N3S.C5H12O/c1-14-8-16(21-7-5-4-6-17(21,2)3)19-22(14)15-9-18(10-15)11-20(12-18)13-23;1-8(2)11-10-6-4-9(3)5-7-10;1-5(2,3)6-4/h8,13,15H,4-7,9-12H2,1-3H3;4-7H2,1-3H3;1-4H3. The van der Waals surface area contributed by atoms with Crippen LogP contribution in [0.25, 0.3) is 0 Å². The van der Waals surface area contributed by atoms with E-state index in [9.17, 15) is 4.79 Å². The first kappa shape index (κ1) is 33.2. The molecule has 0 bridgehead atoms. The Hall–Kier alpha value is -1.33. The first-order chi connectivity index (χ1) is 18.7. The van der Waals surface area contributed by atoms with Gasteiger partial charge in [-0.05, 0) is 94.8 Å². The molecular formula is C30H57N7O2S. The third-order valence-electron chi connectivity index (χ3n) is 8.60. The minimum Gasteiger partial charge on any atom is -0.379 e. The van der Waals surface area contributed by atoms with Crippen molar-refractivity contribution in [1.29, 1.82) is 0 Å². The second-order valence-corrected chi connectivity index (χ2v) is 15.4. The van der Waals surface area contributed by atoms with Crippen LogP contribution in [0.4, 0.5) is 5.82 Å². The molecule has 1 aliphatic carbocycles. The van der Waals surface area contributed by atoms with Gasteiger partial charge in [0.1, 0.15) is 0 Å². The van der Waals surface area contributed by atoms with Crippen molar-refractivity contribution in [2.24, 2.45) is 5.41 Å². The Kier molecular flexibility index (Phi) is 11.4. The Morgan fingerprint density at radius 2 is 1.68 bits per heavy atom. The van der Waals surface area contributed by atoms with Crippen LogP contribution in [0.3, 0.4) is 0 Å². The molecule has 0 aromatic carbocycles. The van der Waals surface area contributed by atoms with Crippen LogP contribution in [-0.2, 0) is 9.53 Å². The maximum atomic E-state index is 10.8. The fourth-order valence-electron chi connectivity index (χ4n) is 6.02. The molecule has 1 aromatic heterocycles. The monoisotopic (exact) mass is 579 g/mol. The number of amides is 1. The number of hydrogen-bond donors (Lipinski definition) is 0. The highest BCUT2D eigenvalue weighted by atomic mass is 32.2. The third-order valence-corrected chi connectivity index (χ3v) is 9.52. The summed E-state index contributed by atoms with van der Waals surface area (Å²) in [6.07, 6.45) is 7.15. The van der Waals surface area contributed by atoms with Crippen LogP contribution in [-0.4, -0.2) is 120 Å². The summed E-state index contributed by atoms with van der Waals surface area (Å²) in [5.74, 6) is 1.15. The molecule has 1 saturated carbocycles. The number of ether oxygens (including phenoxy) is 1. The predicted octanol–water partition coefficient (Wildman–Crippen LogP) is 4.54. The lowest BCUT2D eigenvalue weighted by Gasteiger charge is -2.58. The van der Waals surface area contributed by atoms with Gasteiger partial charge in [0.05, 0.1) is 11.6 Å². The molecule has 5 rings (SSSR count). The summed E-state index contributed by atoms with van der Waals surface area (Å²) < 4.78 is 11.7. The molecule has 0 N–H and O–H groups in total. The average Bonchev–Trinajstić information content (AvgIpc) is 3.19. The molecule has 4 heterocycles. The predicted molar refractivity (Wildman–Crippen MR) is 168 cm³/mol. The summed E-state index contributed by atoms with van der Waals surface area (Å²) >= 11 is 1.82. The van der Waals surface area contributed by atoms with Gasteiger partial charge in [-0.15, -0.1) is 0 Å². The molecule has 4 aliphatic rings. The normalized spacial score (nSPS) is 23.1. The Morgan fingerprint density at radius 3 is 2.17 bits per heavy atom. The summed E-state index contributed by atoms with van der Waals surface area (Å²) in [4.78, 5) is 17.5. The van der Waals surface area contributed by atoms with Gasteiger partial charge in [-0.25, -0.2) is 8.61 Å². The lowest BCUT2D eigenvalue weighted by atomic mass is 9.61. The van der Waals surface area contributed by atoms with E-state index >= 15 is 0 Å². The van der Waals surface area contributed by atoms with Crippen molar-refractivity contribution >= 4 is 24.4 Å². The molecule has 4 fully saturated rings. The van der Waals surface area contributed by atoms with Gasteiger partial charge in [0, 0.05) is 87.8 Å². The second kappa shape index (κ2) is 13.8. The highest BCUT2D eigenvalue weighted by Crippen LogP contribution is 2.54. The van der Waals surface area contributed by atoms with E-state index in [4.69, 9.17) is 9.84 Å². The van der Waals surface area contributed by atoms with Crippen LogP contribution in [0.5, 0.6) is 0 Å². The van der Waals surface area contributed by atoms with Crippen molar-refractivity contribution in [2.45, 2.75) is 90.8 Å². The van der Waals surface area contributed by atoms with Gasteiger partial charge in [-0.1, -0.05) is 0 Å². The number of carbonyl (C=O) groups excluding carboxylic acids is 1. The molecule has 40 heavy (non-hydrogen) atoms. The fourth-order valence-corrected chi connectivity index (χ4v) is 6.81. The number of rotatable bonds is 5. The van der Waals surface area contributed by atoms with E-state index in [2.05, 4.69) is 71.1 Å². The van der Waals surface area contributed by atoms with E-state index in [1.165, 1.54) is 64.0 Å². The van der Waals surface area contributed by atoms with Crippen molar-refractivity contribution in [2.75, 3.05) is 79.0 Å². The van der Waals surface area contributed by atoms with Crippen LogP contribution in [0, 0.1) is 12.3 Å². The molecule has 9 nitrogen and oxygen atoms in total. The third kappa shape index (κ3) is 9.08. The molecule has 10 heteroatoms. The van der Waals surface area contributed by atoms with Gasteiger partial charge in [0.25, 0.3) is 0 Å². The number of aromatic nitrogens is 2. The van der Waals surface area contributed by atoms with Crippen LogP contribution in [0.1, 0.15) is 78.5 Å². The number of hydrogen-bond acceptors (Lipinski definition) is 8. The number of likely N-dealkylation sites (N-methyl/N-ethyl adjacent to an activating group) is 1. The van der Waals surface area contributed by atoms with Crippen LogP contribution in [0.2, 0.25) is 0 Å². The van der Waals surface area contributed by atoms with E-state index in [0.29, 0.717) is 11.5 Å². The van der Waals surface area contributed by atoms with Gasteiger partial charge < -0.3 is 19.4 Å². The summed E-state index contributed by atoms with van der Waals surface area (Å²) in [7, 11) is 8.06. The largest absolute Gasteiger partial charge is 0.379 e. The van der Waals surface area contributed by atoms with Crippen molar-refractivity contribution < 1.29 is 9.53 Å². The van der Waals surface area contributed by atoms with E-state index in [1.54, 1.807) is 7.11 Å². The quantitative estimate of drug-likeness (QED) is 0.372. The average molecular weight is 580 g/mol. The number of anilines is 1. The second-order valence-electron chi connectivity index (χ2n) is 14.0. The molecule has 0 unspecified atom stereocenters. The zero-order chi connectivity index (χ0) is 29.7. The first-order valence-electron chi connectivity index (χ1n) is 15.0. The fraction of sp³-hybridized carbons (Fsp3) is 0.867. The topological polar surface area (TPSA) is 60.3 Å². The van der Waals surface area contributed by atoms with Gasteiger partial charge in [-0.3, -0.25) is 9.48 Å². The molecule has 230 valence electrons. The van der Waals surface area contributed by atoms with Gasteiger partial charge in [0.15, 0.2) is 5.82 Å². The number of nitrogens with zero attached hydrogens (tertiary/aromatic N) is 7. The molecule has 1 amide bonds. The molecule has 0 radical (unpaired) electrons. The molecule has 3 saturated heterocycles. The summed E-state index contributed by atoms with van der Waals surface area (Å²) in [6, 6.07) is 2.78. The van der Waals surface area contributed by atoms with Crippen molar-refractivity contribution in [3.63, 3.8) is 0 Å². The zero-order valence-electron chi connectivity index (χ0n) is 27.1. The van der Waals surface area contributed by atoms with E-state index in [0.717, 1.165) is 31.9 Å². The number of piperazine rings is 1. The first-order valence-corrected chi connectivity index (χ1v) is 15.8. The number of piperidine rings is 1. The number of likely N-dealkylation sites (tertiary alicyclic amines) is 1. The number of carbonyl (C=O) groups is 1. The van der Waals surface area contributed by atoms with Crippen LogP contribution >= 0.6 is 12.1 Å². The lowest BCUT2D eigenvalue weighted by molar-refractivity contribution is -0.140. The highest BCUT2D eigenvalue weighted by Gasteiger charge is 2.53. The molecule has 0 atom stereocenters. The smallest absolute Gasteiger partial charge is 0.209 e. The Balaban J connectivity index is 0.000000216. The summed E-state index contributed by atoms with van der Waals surface area (Å²) in [6.45, 7) is 20.7. The van der Waals surface area contributed by atoms with Crippen molar-refractivity contribution in [3.8, 4) is 0 Å². The van der Waals surface area contributed by atoms with Gasteiger partial charge in [-0.2, -0.15) is 5.10 Å². The maximum Gasteiger partial charge on any atom is 0.209 e. The SMILES string of the molecule is CN1CCN(SN(C)C)CC1.COC(C)(C)C.Cc1cc(N2CCCCC2(C)C)nn1C1CC2(C1)CN(C=O)C2. The van der Waals surface area contributed by atoms with Crippen LogP contribution < -0.4 is 4.90 Å². The number of methoxy groups -OCH3 is 1. The summed E-state index contributed by atoms with van der Waals surface area (Å²) in [5, 5.41) is 4.97. The highest BCUT2D eigenvalue weighted by molar-refractivity contribution is 7.94. The van der Waals surface area contributed by atoms with Crippen molar-refractivity contribution in [3.05, 3.63) is 11.8 Å². The Bertz CT molecular complexity index is 923. The summed E-state index contributed by atoms with van der Waals surface area (Å²) in [5.41, 5.74) is 1.92. The number of aryl methyl sites for hydroxylation is 1. The molecule has 3 aliphatic heterocycles. The van der Waals surface area contributed by atoms with Crippen LogP contribution in [0.15, 0.2) is 6.07 Å². The molecule has 1 aromatic rings. The van der Waals surface area contributed by atoms with E-state index in [-0.39, 0.29) is 11.1 Å². The Morgan fingerprint density at radius 1 is 1.07 bits per heavy atom.